The molecule has 0 amide bonds. The average Bonchev–Trinajstić information content (AvgIpc) is 2.90. The van der Waals surface area contributed by atoms with E-state index < -0.39 is 0 Å². The first-order valence-corrected chi connectivity index (χ1v) is 9.61. The van der Waals surface area contributed by atoms with E-state index in [0.29, 0.717) is 23.6 Å². The molecule has 0 aromatic carbocycles. The zero-order chi connectivity index (χ0) is 18.5. The van der Waals surface area contributed by atoms with Gasteiger partial charge in [-0.15, -0.1) is 0 Å². The Hall–Kier alpha value is -2.06. The van der Waals surface area contributed by atoms with Crippen LogP contribution in [0, 0.1) is 0 Å². The average molecular weight is 374 g/mol. The van der Waals surface area contributed by atoms with Gasteiger partial charge in [-0.25, -0.2) is 4.99 Å². The van der Waals surface area contributed by atoms with Crippen molar-refractivity contribution in [2.45, 2.75) is 50.5 Å². The fraction of sp³-hybridized carbons (Fsp3) is 0.500. The second-order valence-corrected chi connectivity index (χ2v) is 8.68. The summed E-state index contributed by atoms with van der Waals surface area (Å²) < 4.78 is 7.69. The lowest BCUT2D eigenvalue weighted by atomic mass is 9.94. The SMILES string of the molecule is CC1=Nc2c(c(=O)[nH]n2[C@H]2CCOC(C)(C)C2)[C@H](c2ccc[nH]c2=O)S1. The van der Waals surface area contributed by atoms with Crippen LogP contribution in [0.1, 0.15) is 56.0 Å². The van der Waals surface area contributed by atoms with Crippen molar-refractivity contribution in [1.29, 1.82) is 0 Å². The van der Waals surface area contributed by atoms with E-state index >= 15 is 0 Å². The predicted molar refractivity (Wildman–Crippen MR) is 103 cm³/mol. The maximum atomic E-state index is 12.8. The van der Waals surface area contributed by atoms with Gasteiger partial charge in [-0.2, -0.15) is 0 Å². The van der Waals surface area contributed by atoms with Crippen molar-refractivity contribution in [1.82, 2.24) is 14.8 Å². The van der Waals surface area contributed by atoms with Crippen LogP contribution in [0.25, 0.3) is 0 Å². The van der Waals surface area contributed by atoms with E-state index in [2.05, 4.69) is 28.9 Å². The van der Waals surface area contributed by atoms with Crippen molar-refractivity contribution in [3.8, 4) is 0 Å². The van der Waals surface area contributed by atoms with Crippen LogP contribution in [0.15, 0.2) is 32.9 Å². The second-order valence-electron chi connectivity index (χ2n) is 7.39. The molecule has 0 bridgehead atoms. The van der Waals surface area contributed by atoms with Crippen LogP contribution >= 0.6 is 11.8 Å². The number of pyridine rings is 1. The van der Waals surface area contributed by atoms with Crippen molar-refractivity contribution in [2.75, 3.05) is 6.61 Å². The van der Waals surface area contributed by atoms with Gasteiger partial charge in [0, 0.05) is 18.4 Å². The van der Waals surface area contributed by atoms with Gasteiger partial charge < -0.3 is 9.72 Å². The molecule has 4 rings (SSSR count). The van der Waals surface area contributed by atoms with E-state index in [0.717, 1.165) is 17.9 Å². The van der Waals surface area contributed by atoms with Gasteiger partial charge in [0.25, 0.3) is 11.1 Å². The van der Waals surface area contributed by atoms with Gasteiger partial charge in [0.15, 0.2) is 5.82 Å². The normalized spacial score (nSPS) is 24.8. The van der Waals surface area contributed by atoms with Gasteiger partial charge in [-0.3, -0.25) is 19.4 Å². The maximum absolute atomic E-state index is 12.8. The summed E-state index contributed by atoms with van der Waals surface area (Å²) in [6.45, 7) is 6.67. The molecular weight excluding hydrogens is 352 g/mol. The van der Waals surface area contributed by atoms with E-state index in [4.69, 9.17) is 4.74 Å². The molecule has 2 atom stereocenters. The van der Waals surface area contributed by atoms with Gasteiger partial charge in [0.05, 0.1) is 27.5 Å². The first-order valence-electron chi connectivity index (χ1n) is 8.73. The number of rotatable bonds is 2. The molecule has 1 fully saturated rings. The molecule has 0 unspecified atom stereocenters. The molecule has 4 heterocycles. The number of nitrogens with one attached hydrogen (secondary N) is 2. The summed E-state index contributed by atoms with van der Waals surface area (Å²) in [6, 6.07) is 3.67. The van der Waals surface area contributed by atoms with Crippen molar-refractivity contribution in [3.05, 3.63) is 50.2 Å². The zero-order valence-electron chi connectivity index (χ0n) is 15.0. The minimum absolute atomic E-state index is 0.115. The largest absolute Gasteiger partial charge is 0.375 e. The van der Waals surface area contributed by atoms with E-state index in [-0.39, 0.29) is 28.0 Å². The summed E-state index contributed by atoms with van der Waals surface area (Å²) >= 11 is 1.44. The summed E-state index contributed by atoms with van der Waals surface area (Å²) in [7, 11) is 0. The molecule has 1 saturated heterocycles. The van der Waals surface area contributed by atoms with Crippen molar-refractivity contribution >= 4 is 22.6 Å². The van der Waals surface area contributed by atoms with Crippen LogP contribution in [0.4, 0.5) is 5.82 Å². The Morgan fingerprint density at radius 3 is 2.88 bits per heavy atom. The molecule has 7 nitrogen and oxygen atoms in total. The van der Waals surface area contributed by atoms with Crippen molar-refractivity contribution in [3.63, 3.8) is 0 Å². The van der Waals surface area contributed by atoms with Crippen LogP contribution in [0.2, 0.25) is 0 Å². The van der Waals surface area contributed by atoms with Crippen LogP contribution in [-0.2, 0) is 4.74 Å². The third-order valence-electron chi connectivity index (χ3n) is 4.92. The van der Waals surface area contributed by atoms with Gasteiger partial charge in [-0.05, 0) is 39.7 Å². The predicted octanol–water partition coefficient (Wildman–Crippen LogP) is 2.88. The van der Waals surface area contributed by atoms with E-state index in [1.807, 2.05) is 11.6 Å². The Bertz CT molecular complexity index is 985. The second kappa shape index (κ2) is 6.28. The summed E-state index contributed by atoms with van der Waals surface area (Å²) in [5, 5.41) is 3.46. The highest BCUT2D eigenvalue weighted by Crippen LogP contribution is 2.44. The molecule has 2 aromatic rings. The molecule has 0 spiro atoms. The summed E-state index contributed by atoms with van der Waals surface area (Å²) in [4.78, 5) is 32.4. The van der Waals surface area contributed by atoms with Gasteiger partial charge in [-0.1, -0.05) is 17.8 Å². The van der Waals surface area contributed by atoms with E-state index in [9.17, 15) is 9.59 Å². The number of hydrogen-bond acceptors (Lipinski definition) is 5. The minimum atomic E-state index is -0.356. The Morgan fingerprint density at radius 2 is 2.15 bits per heavy atom. The number of thioether (sulfide) groups is 1. The lowest BCUT2D eigenvalue weighted by Gasteiger charge is -2.36. The van der Waals surface area contributed by atoms with E-state index in [1.165, 1.54) is 11.8 Å². The number of aromatic amines is 2. The lowest BCUT2D eigenvalue weighted by Crippen LogP contribution is -2.35. The monoisotopic (exact) mass is 374 g/mol. The van der Waals surface area contributed by atoms with Crippen LogP contribution < -0.4 is 11.1 Å². The fourth-order valence-corrected chi connectivity index (χ4v) is 4.88. The van der Waals surface area contributed by atoms with Crippen LogP contribution in [0.5, 0.6) is 0 Å². The zero-order valence-corrected chi connectivity index (χ0v) is 15.9. The smallest absolute Gasteiger partial charge is 0.271 e. The van der Waals surface area contributed by atoms with Crippen molar-refractivity contribution < 1.29 is 4.74 Å². The first kappa shape index (κ1) is 17.4. The number of aliphatic imine (C=N–C) groups is 1. The molecule has 2 N–H and O–H groups in total. The number of ether oxygens (including phenoxy) is 1. The lowest BCUT2D eigenvalue weighted by molar-refractivity contribution is -0.0705. The molecule has 8 heteroatoms. The van der Waals surface area contributed by atoms with Gasteiger partial charge in [0.2, 0.25) is 0 Å². The molecule has 0 saturated carbocycles. The van der Waals surface area contributed by atoms with Crippen LogP contribution in [-0.4, -0.2) is 32.0 Å². The molecule has 0 radical (unpaired) electrons. The number of aromatic nitrogens is 3. The summed E-state index contributed by atoms with van der Waals surface area (Å²) in [5.41, 5.74) is 0.534. The van der Waals surface area contributed by atoms with Gasteiger partial charge in [0.1, 0.15) is 0 Å². The summed E-state index contributed by atoms with van der Waals surface area (Å²) in [5.74, 6) is 0.641. The van der Waals surface area contributed by atoms with Gasteiger partial charge >= 0.3 is 0 Å². The third kappa shape index (κ3) is 2.97. The third-order valence-corrected chi connectivity index (χ3v) is 6.07. The highest BCUT2D eigenvalue weighted by molar-refractivity contribution is 8.14. The molecular formula is C18H22N4O3S. The molecule has 2 aromatic heterocycles. The Balaban J connectivity index is 1.83. The number of H-pyrrole nitrogens is 2. The van der Waals surface area contributed by atoms with Crippen molar-refractivity contribution in [2.24, 2.45) is 4.99 Å². The molecule has 2 aliphatic rings. The summed E-state index contributed by atoms with van der Waals surface area (Å²) in [6.07, 6.45) is 3.21. The standard InChI is InChI=1S/C18H22N4O3S/c1-10-20-15-13(14(26-10)12-5-4-7-19-16(12)23)17(24)21-22(15)11-6-8-25-18(2,3)9-11/h4-5,7,11,14H,6,8-9H2,1-3H3,(H,19,23)(H,21,24)/t11-,14-/m0/s1. The number of nitrogens with zero attached hydrogens (tertiary/aromatic N) is 2. The van der Waals surface area contributed by atoms with E-state index in [1.54, 1.807) is 18.3 Å². The number of fused-ring (bicyclic) bond motifs is 1. The molecule has 0 aliphatic carbocycles. The maximum Gasteiger partial charge on any atom is 0.271 e. The fourth-order valence-electron chi connectivity index (χ4n) is 3.75. The molecule has 2 aliphatic heterocycles. The minimum Gasteiger partial charge on any atom is -0.375 e. The number of hydrogen-bond donors (Lipinski definition) is 2. The molecule has 26 heavy (non-hydrogen) atoms. The Labute approximate surface area is 154 Å². The Kier molecular flexibility index (Phi) is 4.19. The highest BCUT2D eigenvalue weighted by atomic mass is 32.2. The first-order chi connectivity index (χ1) is 12.4. The van der Waals surface area contributed by atoms with Crippen LogP contribution in [0.3, 0.4) is 0 Å². The molecule has 138 valence electrons. The highest BCUT2D eigenvalue weighted by Gasteiger charge is 2.36. The topological polar surface area (TPSA) is 92.2 Å². The quantitative estimate of drug-likeness (QED) is 0.845. The Morgan fingerprint density at radius 1 is 1.35 bits per heavy atom.